The Bertz CT molecular complexity index is 545. The average molecular weight is 219 g/mol. The summed E-state index contributed by atoms with van der Waals surface area (Å²) in [6, 6.07) is 3.43. The van der Waals surface area contributed by atoms with Gasteiger partial charge in [-0.3, -0.25) is 0 Å². The van der Waals surface area contributed by atoms with Gasteiger partial charge in [-0.2, -0.15) is 5.10 Å². The van der Waals surface area contributed by atoms with Crippen LogP contribution < -0.4 is 0 Å². The van der Waals surface area contributed by atoms with Crippen molar-refractivity contribution in [3.05, 3.63) is 29.2 Å². The van der Waals surface area contributed by atoms with Crippen LogP contribution in [-0.2, 0) is 6.42 Å². The Labute approximate surface area is 92.7 Å². The van der Waals surface area contributed by atoms with Crippen molar-refractivity contribution in [1.29, 1.82) is 0 Å². The molecule has 0 spiro atoms. The van der Waals surface area contributed by atoms with Crippen molar-refractivity contribution < 1.29 is 9.90 Å². The van der Waals surface area contributed by atoms with Gasteiger partial charge in [0.25, 0.3) is 0 Å². The molecule has 2 rings (SSSR count). The van der Waals surface area contributed by atoms with Crippen molar-refractivity contribution in [3.63, 3.8) is 0 Å². The van der Waals surface area contributed by atoms with Crippen molar-refractivity contribution in [2.75, 3.05) is 0 Å². The third kappa shape index (κ3) is 1.76. The predicted octanol–water partition coefficient (Wildman–Crippen LogP) is 1.69. The summed E-state index contributed by atoms with van der Waals surface area (Å²) in [5, 5.41) is 12.9. The lowest BCUT2D eigenvalue weighted by Crippen LogP contribution is -2.03. The standard InChI is InChI=1S/C11H13N3O2/c1-3-4-8-5-7(2)12-10-6-9(11(15)16)13-14(8)10/h5-6H,3-4H2,1-2H3,(H,15,16). The number of fused-ring (bicyclic) bond motifs is 1. The molecular weight excluding hydrogens is 206 g/mol. The normalized spacial score (nSPS) is 10.9. The van der Waals surface area contributed by atoms with Gasteiger partial charge in [-0.05, 0) is 19.4 Å². The number of rotatable bonds is 3. The monoisotopic (exact) mass is 219 g/mol. The number of hydrogen-bond acceptors (Lipinski definition) is 3. The zero-order chi connectivity index (χ0) is 11.7. The molecule has 1 N–H and O–H groups in total. The van der Waals surface area contributed by atoms with Crippen LogP contribution in [0, 0.1) is 6.92 Å². The second-order valence-corrected chi connectivity index (χ2v) is 3.74. The predicted molar refractivity (Wildman–Crippen MR) is 58.7 cm³/mol. The van der Waals surface area contributed by atoms with E-state index in [1.807, 2.05) is 13.0 Å². The lowest BCUT2D eigenvalue weighted by atomic mass is 10.2. The summed E-state index contributed by atoms with van der Waals surface area (Å²) in [6.07, 6.45) is 1.85. The highest BCUT2D eigenvalue weighted by Gasteiger charge is 2.12. The molecule has 0 aromatic carbocycles. The Morgan fingerprint density at radius 1 is 1.50 bits per heavy atom. The first-order valence-electron chi connectivity index (χ1n) is 5.21. The Balaban J connectivity index is 2.65. The van der Waals surface area contributed by atoms with E-state index >= 15 is 0 Å². The Morgan fingerprint density at radius 2 is 2.25 bits per heavy atom. The second-order valence-electron chi connectivity index (χ2n) is 3.74. The minimum absolute atomic E-state index is 0.0375. The van der Waals surface area contributed by atoms with Gasteiger partial charge in [0.15, 0.2) is 11.3 Å². The first kappa shape index (κ1) is 10.6. The molecule has 0 saturated carbocycles. The summed E-state index contributed by atoms with van der Waals surface area (Å²) in [4.78, 5) is 15.1. The van der Waals surface area contributed by atoms with Crippen molar-refractivity contribution in [3.8, 4) is 0 Å². The van der Waals surface area contributed by atoms with E-state index in [4.69, 9.17) is 5.11 Å². The smallest absolute Gasteiger partial charge is 0.356 e. The molecule has 0 unspecified atom stereocenters. The largest absolute Gasteiger partial charge is 0.476 e. The van der Waals surface area contributed by atoms with Gasteiger partial charge in [-0.15, -0.1) is 0 Å². The van der Waals surface area contributed by atoms with E-state index in [0.717, 1.165) is 24.2 Å². The SMILES string of the molecule is CCCc1cc(C)nc2cc(C(=O)O)nn12. The van der Waals surface area contributed by atoms with Gasteiger partial charge in [0.2, 0.25) is 0 Å². The van der Waals surface area contributed by atoms with Crippen LogP contribution in [-0.4, -0.2) is 25.7 Å². The zero-order valence-corrected chi connectivity index (χ0v) is 9.27. The fourth-order valence-corrected chi connectivity index (χ4v) is 1.72. The first-order valence-corrected chi connectivity index (χ1v) is 5.21. The summed E-state index contributed by atoms with van der Waals surface area (Å²) in [7, 11) is 0. The summed E-state index contributed by atoms with van der Waals surface area (Å²) in [5.41, 5.74) is 2.52. The van der Waals surface area contributed by atoms with Gasteiger partial charge in [-0.1, -0.05) is 13.3 Å². The van der Waals surface area contributed by atoms with Crippen LogP contribution in [0.25, 0.3) is 5.65 Å². The van der Waals surface area contributed by atoms with E-state index in [1.165, 1.54) is 6.07 Å². The topological polar surface area (TPSA) is 67.5 Å². The lowest BCUT2D eigenvalue weighted by molar-refractivity contribution is 0.0690. The maximum atomic E-state index is 10.8. The molecule has 5 nitrogen and oxygen atoms in total. The highest BCUT2D eigenvalue weighted by Crippen LogP contribution is 2.11. The molecule has 5 heteroatoms. The zero-order valence-electron chi connectivity index (χ0n) is 9.27. The van der Waals surface area contributed by atoms with Crippen LogP contribution in [0.4, 0.5) is 0 Å². The minimum Gasteiger partial charge on any atom is -0.476 e. The van der Waals surface area contributed by atoms with Gasteiger partial charge in [-0.25, -0.2) is 14.3 Å². The number of hydrogen-bond donors (Lipinski definition) is 1. The maximum absolute atomic E-state index is 10.8. The van der Waals surface area contributed by atoms with Gasteiger partial charge < -0.3 is 5.11 Å². The van der Waals surface area contributed by atoms with Crippen molar-refractivity contribution in [1.82, 2.24) is 14.6 Å². The number of aromatic carboxylic acids is 1. The fraction of sp³-hybridized carbons (Fsp3) is 0.364. The molecular formula is C11H13N3O2. The van der Waals surface area contributed by atoms with Gasteiger partial charge in [0, 0.05) is 17.5 Å². The molecule has 0 radical (unpaired) electrons. The van der Waals surface area contributed by atoms with Crippen LogP contribution in [0.15, 0.2) is 12.1 Å². The number of carbonyl (C=O) groups is 1. The highest BCUT2D eigenvalue weighted by atomic mass is 16.4. The summed E-state index contributed by atoms with van der Waals surface area (Å²) in [6.45, 7) is 3.97. The first-order chi connectivity index (χ1) is 7.61. The van der Waals surface area contributed by atoms with Crippen LogP contribution in [0.5, 0.6) is 0 Å². The van der Waals surface area contributed by atoms with E-state index in [1.54, 1.807) is 4.52 Å². The molecule has 0 bridgehead atoms. The molecule has 0 aliphatic heterocycles. The van der Waals surface area contributed by atoms with Crippen LogP contribution in [0.1, 0.15) is 35.2 Å². The number of carboxylic acid groups (broad SMARTS) is 1. The van der Waals surface area contributed by atoms with Crippen molar-refractivity contribution in [2.24, 2.45) is 0 Å². The van der Waals surface area contributed by atoms with E-state index in [-0.39, 0.29) is 5.69 Å². The third-order valence-electron chi connectivity index (χ3n) is 2.35. The summed E-state index contributed by atoms with van der Waals surface area (Å²) in [5.74, 6) is -1.02. The number of nitrogens with zero attached hydrogens (tertiary/aromatic N) is 3. The van der Waals surface area contributed by atoms with Gasteiger partial charge in [0.05, 0.1) is 0 Å². The van der Waals surface area contributed by atoms with Crippen LogP contribution in [0.3, 0.4) is 0 Å². The lowest BCUT2D eigenvalue weighted by Gasteiger charge is -2.03. The molecule has 16 heavy (non-hydrogen) atoms. The number of aromatic nitrogens is 3. The fourth-order valence-electron chi connectivity index (χ4n) is 1.72. The Hall–Kier alpha value is -1.91. The Morgan fingerprint density at radius 3 is 2.88 bits per heavy atom. The Kier molecular flexibility index (Phi) is 2.60. The molecule has 0 aliphatic carbocycles. The molecule has 0 atom stereocenters. The number of carboxylic acids is 1. The molecule has 0 amide bonds. The van der Waals surface area contributed by atoms with Gasteiger partial charge in [0.1, 0.15) is 0 Å². The van der Waals surface area contributed by atoms with E-state index in [0.29, 0.717) is 5.65 Å². The minimum atomic E-state index is -1.02. The average Bonchev–Trinajstić information content (AvgIpc) is 2.61. The quantitative estimate of drug-likeness (QED) is 0.852. The highest BCUT2D eigenvalue weighted by molar-refractivity contribution is 5.86. The molecule has 0 saturated heterocycles. The maximum Gasteiger partial charge on any atom is 0.356 e. The molecule has 2 heterocycles. The van der Waals surface area contributed by atoms with Crippen molar-refractivity contribution in [2.45, 2.75) is 26.7 Å². The molecule has 0 fully saturated rings. The van der Waals surface area contributed by atoms with Crippen molar-refractivity contribution >= 4 is 11.6 Å². The molecule has 0 aliphatic rings. The van der Waals surface area contributed by atoms with Crippen LogP contribution in [0.2, 0.25) is 0 Å². The number of aryl methyl sites for hydroxylation is 2. The third-order valence-corrected chi connectivity index (χ3v) is 2.35. The molecule has 2 aromatic heterocycles. The van der Waals surface area contributed by atoms with E-state index < -0.39 is 5.97 Å². The molecule has 84 valence electrons. The van der Waals surface area contributed by atoms with Gasteiger partial charge >= 0.3 is 5.97 Å². The van der Waals surface area contributed by atoms with E-state index in [9.17, 15) is 4.79 Å². The summed E-state index contributed by atoms with van der Waals surface area (Å²) < 4.78 is 1.61. The van der Waals surface area contributed by atoms with Crippen LogP contribution >= 0.6 is 0 Å². The molecule has 2 aromatic rings. The summed E-state index contributed by atoms with van der Waals surface area (Å²) >= 11 is 0. The van der Waals surface area contributed by atoms with E-state index in [2.05, 4.69) is 17.0 Å². The second kappa shape index (κ2) is 3.92.